The van der Waals surface area contributed by atoms with E-state index < -0.39 is 22.4 Å². The maximum absolute atomic E-state index is 13.2. The minimum Gasteiger partial charge on any atom is -0.497 e. The van der Waals surface area contributed by atoms with Crippen LogP contribution < -0.4 is 4.74 Å². The van der Waals surface area contributed by atoms with Gasteiger partial charge in [0.15, 0.2) is 0 Å². The average Bonchev–Trinajstić information content (AvgIpc) is 2.53. The van der Waals surface area contributed by atoms with Gasteiger partial charge in [-0.1, -0.05) is 18.2 Å². The summed E-state index contributed by atoms with van der Waals surface area (Å²) < 4.78 is 36.6. The van der Waals surface area contributed by atoms with Crippen molar-refractivity contribution in [2.24, 2.45) is 0 Å². The summed E-state index contributed by atoms with van der Waals surface area (Å²) in [5, 5.41) is 8.67. The van der Waals surface area contributed by atoms with Gasteiger partial charge in [0.25, 0.3) is 0 Å². The molecule has 0 bridgehead atoms. The highest BCUT2D eigenvalue weighted by Gasteiger charge is 2.25. The molecule has 7 heteroatoms. The number of benzene rings is 2. The summed E-state index contributed by atoms with van der Waals surface area (Å²) in [6, 6.07) is 9.77. The molecule has 25 heavy (non-hydrogen) atoms. The molecule has 1 N–H and O–H groups in total. The topological polar surface area (TPSA) is 89.9 Å². The van der Waals surface area contributed by atoms with E-state index in [-0.39, 0.29) is 16.4 Å². The van der Waals surface area contributed by atoms with Gasteiger partial charge in [-0.25, -0.2) is 13.2 Å². The zero-order chi connectivity index (χ0) is 18.6. The Morgan fingerprint density at radius 1 is 1.12 bits per heavy atom. The molecule has 134 valence electrons. The summed E-state index contributed by atoms with van der Waals surface area (Å²) in [7, 11) is -2.26. The number of methoxy groups -OCH3 is 1. The van der Waals surface area contributed by atoms with Crippen LogP contribution in [-0.2, 0) is 26.0 Å². The van der Waals surface area contributed by atoms with Crippen LogP contribution >= 0.6 is 0 Å². The van der Waals surface area contributed by atoms with Crippen LogP contribution in [0.1, 0.15) is 16.7 Å². The lowest BCUT2D eigenvalue weighted by atomic mass is 10.1. The van der Waals surface area contributed by atoms with Crippen molar-refractivity contribution in [3.63, 3.8) is 0 Å². The first-order valence-electron chi connectivity index (χ1n) is 7.55. The van der Waals surface area contributed by atoms with Crippen LogP contribution in [0.15, 0.2) is 46.2 Å². The molecule has 0 aliphatic carbocycles. The first-order chi connectivity index (χ1) is 11.8. The van der Waals surface area contributed by atoms with Crippen molar-refractivity contribution < 1.29 is 27.8 Å². The molecule has 0 saturated heterocycles. The number of carboxylic acid groups (broad SMARTS) is 1. The van der Waals surface area contributed by atoms with Crippen molar-refractivity contribution in [2.75, 3.05) is 13.7 Å². The first kappa shape index (κ1) is 19.0. The fourth-order valence-corrected chi connectivity index (χ4v) is 4.61. The smallest absolute Gasteiger partial charge is 0.329 e. The lowest BCUT2D eigenvalue weighted by Gasteiger charge is -2.15. The SMILES string of the molecule is COc1cc(C)c(S(=O)(=O)c2ccccc2COCC(=O)O)c(C)c1. The molecule has 0 aliphatic rings. The van der Waals surface area contributed by atoms with Crippen LogP contribution in [0, 0.1) is 13.8 Å². The van der Waals surface area contributed by atoms with Crippen molar-refractivity contribution in [2.45, 2.75) is 30.2 Å². The van der Waals surface area contributed by atoms with Gasteiger partial charge in [-0.2, -0.15) is 0 Å². The van der Waals surface area contributed by atoms with Crippen LogP contribution in [0.2, 0.25) is 0 Å². The highest BCUT2D eigenvalue weighted by atomic mass is 32.2. The van der Waals surface area contributed by atoms with Gasteiger partial charge in [0, 0.05) is 0 Å². The molecule has 2 rings (SSSR count). The number of carbonyl (C=O) groups is 1. The van der Waals surface area contributed by atoms with Crippen molar-refractivity contribution in [1.82, 2.24) is 0 Å². The standard InChI is InChI=1S/C18H20O6S/c1-12-8-15(23-3)9-13(2)18(12)25(21,22)16-7-5-4-6-14(16)10-24-11-17(19)20/h4-9H,10-11H2,1-3H3,(H,19,20). The van der Waals surface area contributed by atoms with E-state index in [4.69, 9.17) is 14.6 Å². The Morgan fingerprint density at radius 2 is 1.72 bits per heavy atom. The molecule has 0 heterocycles. The van der Waals surface area contributed by atoms with Crippen LogP contribution in [0.4, 0.5) is 0 Å². The Balaban J connectivity index is 2.49. The van der Waals surface area contributed by atoms with Gasteiger partial charge in [-0.15, -0.1) is 0 Å². The average molecular weight is 364 g/mol. The second-order valence-corrected chi connectivity index (χ2v) is 7.44. The largest absolute Gasteiger partial charge is 0.497 e. The van der Waals surface area contributed by atoms with E-state index in [1.54, 1.807) is 44.2 Å². The van der Waals surface area contributed by atoms with Gasteiger partial charge in [0.05, 0.1) is 23.5 Å². The zero-order valence-electron chi connectivity index (χ0n) is 14.3. The van der Waals surface area contributed by atoms with Gasteiger partial charge in [0.2, 0.25) is 9.84 Å². The van der Waals surface area contributed by atoms with E-state index in [1.807, 2.05) is 0 Å². The summed E-state index contributed by atoms with van der Waals surface area (Å²) in [5.74, 6) is -0.519. The first-order valence-corrected chi connectivity index (χ1v) is 9.03. The van der Waals surface area contributed by atoms with Crippen LogP contribution in [-0.4, -0.2) is 33.2 Å². The molecule has 0 spiro atoms. The number of sulfone groups is 1. The van der Waals surface area contributed by atoms with E-state index in [2.05, 4.69) is 0 Å². The lowest BCUT2D eigenvalue weighted by Crippen LogP contribution is -2.12. The van der Waals surface area contributed by atoms with E-state index >= 15 is 0 Å². The van der Waals surface area contributed by atoms with E-state index in [0.29, 0.717) is 22.4 Å². The Labute approximate surface area is 146 Å². The predicted octanol–water partition coefficient (Wildman–Crippen LogP) is 2.75. The molecular formula is C18H20O6S. The second kappa shape index (κ2) is 7.67. The molecule has 0 radical (unpaired) electrons. The third-order valence-corrected chi connectivity index (χ3v) is 5.84. The molecule has 0 atom stereocenters. The molecule has 0 saturated carbocycles. The maximum atomic E-state index is 13.2. The Kier molecular flexibility index (Phi) is 5.81. The Hall–Kier alpha value is -2.38. The lowest BCUT2D eigenvalue weighted by molar-refractivity contribution is -0.142. The summed E-state index contributed by atoms with van der Waals surface area (Å²) in [6.07, 6.45) is 0. The molecule has 0 aliphatic heterocycles. The van der Waals surface area contributed by atoms with Gasteiger partial charge >= 0.3 is 5.97 Å². The molecule has 0 amide bonds. The fraction of sp³-hybridized carbons (Fsp3) is 0.278. The number of hydrogen-bond acceptors (Lipinski definition) is 5. The van der Waals surface area contributed by atoms with Crippen LogP contribution in [0.5, 0.6) is 5.75 Å². The normalized spacial score (nSPS) is 11.3. The van der Waals surface area contributed by atoms with E-state index in [0.717, 1.165) is 0 Å². The summed E-state index contributed by atoms with van der Waals surface area (Å²) in [4.78, 5) is 10.9. The second-order valence-electron chi connectivity index (χ2n) is 5.59. The third kappa shape index (κ3) is 4.18. The van der Waals surface area contributed by atoms with Gasteiger partial charge in [0.1, 0.15) is 12.4 Å². The third-order valence-electron chi connectivity index (χ3n) is 3.68. The molecule has 0 aromatic heterocycles. The number of aliphatic carboxylic acids is 1. The van der Waals surface area contributed by atoms with Crippen molar-refractivity contribution in [3.05, 3.63) is 53.1 Å². The molecule has 6 nitrogen and oxygen atoms in total. The Morgan fingerprint density at radius 3 is 2.28 bits per heavy atom. The molecule has 2 aromatic rings. The predicted molar refractivity (Wildman–Crippen MR) is 91.7 cm³/mol. The summed E-state index contributed by atoms with van der Waals surface area (Å²) in [5.41, 5.74) is 1.58. The quantitative estimate of drug-likeness (QED) is 0.812. The maximum Gasteiger partial charge on any atom is 0.329 e. The molecule has 2 aromatic carbocycles. The van der Waals surface area contributed by atoms with Gasteiger partial charge < -0.3 is 14.6 Å². The van der Waals surface area contributed by atoms with Crippen LogP contribution in [0.25, 0.3) is 0 Å². The summed E-state index contributed by atoms with van der Waals surface area (Å²) in [6.45, 7) is 2.84. The fourth-order valence-electron chi connectivity index (χ4n) is 2.70. The summed E-state index contributed by atoms with van der Waals surface area (Å²) >= 11 is 0. The van der Waals surface area contributed by atoms with Gasteiger partial charge in [-0.3, -0.25) is 0 Å². The van der Waals surface area contributed by atoms with E-state index in [1.165, 1.54) is 13.2 Å². The zero-order valence-corrected chi connectivity index (χ0v) is 15.1. The van der Waals surface area contributed by atoms with Crippen LogP contribution in [0.3, 0.4) is 0 Å². The molecule has 0 unspecified atom stereocenters. The Bertz CT molecular complexity index is 863. The van der Waals surface area contributed by atoms with E-state index in [9.17, 15) is 13.2 Å². The number of carboxylic acids is 1. The van der Waals surface area contributed by atoms with Crippen molar-refractivity contribution >= 4 is 15.8 Å². The number of ether oxygens (including phenoxy) is 2. The monoisotopic (exact) mass is 364 g/mol. The van der Waals surface area contributed by atoms with Crippen molar-refractivity contribution in [3.8, 4) is 5.75 Å². The minimum absolute atomic E-state index is 0.101. The minimum atomic E-state index is -3.79. The molecular weight excluding hydrogens is 344 g/mol. The number of aryl methyl sites for hydroxylation is 2. The van der Waals surface area contributed by atoms with Crippen molar-refractivity contribution in [1.29, 1.82) is 0 Å². The number of hydrogen-bond donors (Lipinski definition) is 1. The molecule has 0 fully saturated rings. The van der Waals surface area contributed by atoms with Gasteiger partial charge in [-0.05, 0) is 48.7 Å². The number of rotatable bonds is 7. The highest BCUT2D eigenvalue weighted by Crippen LogP contribution is 2.32. The highest BCUT2D eigenvalue weighted by molar-refractivity contribution is 7.91.